The highest BCUT2D eigenvalue weighted by Crippen LogP contribution is 2.40. The zero-order valence-electron chi connectivity index (χ0n) is 10.5. The minimum Gasteiger partial charge on any atom is -0.497 e. The Bertz CT molecular complexity index is 442. The van der Waals surface area contributed by atoms with Crippen LogP contribution in [0.2, 0.25) is 0 Å². The summed E-state index contributed by atoms with van der Waals surface area (Å²) >= 11 is 0. The van der Waals surface area contributed by atoms with Crippen LogP contribution in [0.1, 0.15) is 42.1 Å². The summed E-state index contributed by atoms with van der Waals surface area (Å²) in [6.07, 6.45) is 2.40. The summed E-state index contributed by atoms with van der Waals surface area (Å²) in [5.41, 5.74) is 7.63. The molecule has 2 N–H and O–H groups in total. The van der Waals surface area contributed by atoms with Crippen molar-refractivity contribution in [3.05, 3.63) is 29.3 Å². The molecule has 0 radical (unpaired) electrons. The van der Waals surface area contributed by atoms with E-state index < -0.39 is 0 Å². The normalized spacial score (nSPS) is 23.4. The molecule has 1 atom stereocenters. The van der Waals surface area contributed by atoms with Gasteiger partial charge in [0.25, 0.3) is 0 Å². The third-order valence-electron chi connectivity index (χ3n) is 3.78. The van der Waals surface area contributed by atoms with Crippen LogP contribution in [0, 0.1) is 0 Å². The van der Waals surface area contributed by atoms with E-state index in [2.05, 4.69) is 6.92 Å². The topological polar surface area (TPSA) is 52.3 Å². The minimum absolute atomic E-state index is 0.00648. The van der Waals surface area contributed by atoms with Crippen molar-refractivity contribution in [3.63, 3.8) is 0 Å². The molecule has 0 unspecified atom stereocenters. The lowest BCUT2D eigenvalue weighted by atomic mass is 9.69. The van der Waals surface area contributed by atoms with E-state index in [0.717, 1.165) is 29.7 Å². The SMILES string of the molecule is COc1ccc2c(c1)[C@@](C)(CCN)CCC2=O. The third kappa shape index (κ3) is 2.07. The molecule has 3 heteroatoms. The van der Waals surface area contributed by atoms with Crippen LogP contribution in [0.3, 0.4) is 0 Å². The van der Waals surface area contributed by atoms with Crippen LogP contribution in [0.4, 0.5) is 0 Å². The van der Waals surface area contributed by atoms with Gasteiger partial charge in [0.2, 0.25) is 0 Å². The van der Waals surface area contributed by atoms with Crippen LogP contribution in [0.5, 0.6) is 5.75 Å². The molecule has 0 fully saturated rings. The highest BCUT2D eigenvalue weighted by atomic mass is 16.5. The molecule has 0 bridgehead atoms. The number of ether oxygens (including phenoxy) is 1. The van der Waals surface area contributed by atoms with Crippen molar-refractivity contribution in [1.82, 2.24) is 0 Å². The fourth-order valence-electron chi connectivity index (χ4n) is 2.63. The molecule has 0 amide bonds. The fraction of sp³-hybridized carbons (Fsp3) is 0.500. The van der Waals surface area contributed by atoms with E-state index >= 15 is 0 Å². The van der Waals surface area contributed by atoms with Crippen LogP contribution in [-0.2, 0) is 5.41 Å². The predicted octanol–water partition coefficient (Wildman–Crippen LogP) is 2.28. The molecular weight excluding hydrogens is 214 g/mol. The Hall–Kier alpha value is -1.35. The number of nitrogens with two attached hydrogens (primary N) is 1. The first kappa shape index (κ1) is 12.1. The lowest BCUT2D eigenvalue weighted by Crippen LogP contribution is -2.32. The van der Waals surface area contributed by atoms with Gasteiger partial charge in [0.05, 0.1) is 7.11 Å². The van der Waals surface area contributed by atoms with E-state index in [9.17, 15) is 4.79 Å². The molecule has 0 aliphatic heterocycles. The summed E-state index contributed by atoms with van der Waals surface area (Å²) in [5.74, 6) is 1.04. The van der Waals surface area contributed by atoms with Crippen molar-refractivity contribution in [2.45, 2.75) is 31.6 Å². The first-order valence-corrected chi connectivity index (χ1v) is 6.02. The van der Waals surface area contributed by atoms with Gasteiger partial charge in [-0.2, -0.15) is 0 Å². The highest BCUT2D eigenvalue weighted by molar-refractivity contribution is 5.99. The van der Waals surface area contributed by atoms with Gasteiger partial charge in [0.1, 0.15) is 5.75 Å². The van der Waals surface area contributed by atoms with Crippen LogP contribution in [0.25, 0.3) is 0 Å². The average Bonchev–Trinajstić information content (AvgIpc) is 2.34. The van der Waals surface area contributed by atoms with Gasteiger partial charge in [-0.25, -0.2) is 0 Å². The van der Waals surface area contributed by atoms with Gasteiger partial charge >= 0.3 is 0 Å². The minimum atomic E-state index is 0.00648. The molecule has 0 saturated carbocycles. The van der Waals surface area contributed by atoms with E-state index in [4.69, 9.17) is 10.5 Å². The molecule has 0 aromatic heterocycles. The second kappa shape index (κ2) is 4.49. The number of carbonyl (C=O) groups is 1. The Labute approximate surface area is 102 Å². The van der Waals surface area contributed by atoms with E-state index in [-0.39, 0.29) is 11.2 Å². The zero-order valence-corrected chi connectivity index (χ0v) is 10.5. The predicted molar refractivity (Wildman–Crippen MR) is 67.6 cm³/mol. The summed E-state index contributed by atoms with van der Waals surface area (Å²) in [6.45, 7) is 2.83. The maximum Gasteiger partial charge on any atom is 0.163 e. The Balaban J connectivity index is 2.52. The van der Waals surface area contributed by atoms with Crippen molar-refractivity contribution < 1.29 is 9.53 Å². The molecule has 92 valence electrons. The van der Waals surface area contributed by atoms with E-state index in [0.29, 0.717) is 13.0 Å². The van der Waals surface area contributed by atoms with Gasteiger partial charge in [0, 0.05) is 12.0 Å². The number of hydrogen-bond acceptors (Lipinski definition) is 3. The van der Waals surface area contributed by atoms with Gasteiger partial charge in [-0.1, -0.05) is 6.92 Å². The second-order valence-electron chi connectivity index (χ2n) is 4.93. The highest BCUT2D eigenvalue weighted by Gasteiger charge is 2.35. The van der Waals surface area contributed by atoms with Crippen molar-refractivity contribution >= 4 is 5.78 Å². The maximum absolute atomic E-state index is 11.9. The average molecular weight is 233 g/mol. The molecule has 0 heterocycles. The lowest BCUT2D eigenvalue weighted by Gasteiger charge is -2.35. The first-order chi connectivity index (χ1) is 8.10. The largest absolute Gasteiger partial charge is 0.497 e. The van der Waals surface area contributed by atoms with Crippen molar-refractivity contribution in [3.8, 4) is 5.75 Å². The Morgan fingerprint density at radius 2 is 2.24 bits per heavy atom. The number of hydrogen-bond donors (Lipinski definition) is 1. The van der Waals surface area contributed by atoms with Gasteiger partial charge in [-0.15, -0.1) is 0 Å². The molecule has 1 aliphatic carbocycles. The maximum atomic E-state index is 11.9. The van der Waals surface area contributed by atoms with Gasteiger partial charge in [0.15, 0.2) is 5.78 Å². The standard InChI is InChI=1S/C14H19NO2/c1-14(7-8-15)6-5-13(16)11-4-3-10(17-2)9-12(11)14/h3-4,9H,5-8,15H2,1-2H3/t14-/m1/s1. The first-order valence-electron chi connectivity index (χ1n) is 6.02. The molecule has 2 rings (SSSR count). The summed E-state index contributed by atoms with van der Waals surface area (Å²) in [5, 5.41) is 0. The van der Waals surface area contributed by atoms with Crippen LogP contribution in [-0.4, -0.2) is 19.4 Å². The van der Waals surface area contributed by atoms with E-state index in [1.807, 2.05) is 18.2 Å². The summed E-state index contributed by atoms with van der Waals surface area (Å²) < 4.78 is 5.24. The van der Waals surface area contributed by atoms with Gasteiger partial charge < -0.3 is 10.5 Å². The molecule has 1 aromatic rings. The van der Waals surface area contributed by atoms with E-state index in [1.165, 1.54) is 0 Å². The number of fused-ring (bicyclic) bond motifs is 1. The Morgan fingerprint density at radius 3 is 2.88 bits per heavy atom. The van der Waals surface area contributed by atoms with Gasteiger partial charge in [-0.05, 0) is 48.6 Å². The second-order valence-corrected chi connectivity index (χ2v) is 4.93. The number of rotatable bonds is 3. The Kier molecular flexibility index (Phi) is 3.20. The lowest BCUT2D eigenvalue weighted by molar-refractivity contribution is 0.0952. The van der Waals surface area contributed by atoms with Crippen molar-refractivity contribution in [2.75, 3.05) is 13.7 Å². The summed E-state index contributed by atoms with van der Waals surface area (Å²) in [4.78, 5) is 11.9. The summed E-state index contributed by atoms with van der Waals surface area (Å²) in [7, 11) is 1.65. The number of methoxy groups -OCH3 is 1. The molecule has 1 aromatic carbocycles. The van der Waals surface area contributed by atoms with E-state index in [1.54, 1.807) is 7.11 Å². The van der Waals surface area contributed by atoms with Crippen LogP contribution >= 0.6 is 0 Å². The van der Waals surface area contributed by atoms with Crippen LogP contribution < -0.4 is 10.5 Å². The molecule has 17 heavy (non-hydrogen) atoms. The quantitative estimate of drug-likeness (QED) is 0.871. The van der Waals surface area contributed by atoms with Crippen molar-refractivity contribution in [2.24, 2.45) is 5.73 Å². The monoisotopic (exact) mass is 233 g/mol. The summed E-state index contributed by atoms with van der Waals surface area (Å²) in [6, 6.07) is 5.72. The Morgan fingerprint density at radius 1 is 1.47 bits per heavy atom. The number of carbonyl (C=O) groups excluding carboxylic acids is 1. The third-order valence-corrected chi connectivity index (χ3v) is 3.78. The van der Waals surface area contributed by atoms with Crippen LogP contribution in [0.15, 0.2) is 18.2 Å². The molecule has 0 spiro atoms. The number of ketones is 1. The number of benzene rings is 1. The zero-order chi connectivity index (χ0) is 12.5. The molecular formula is C14H19NO2. The number of Topliss-reactive ketones (excluding diaryl/α,β-unsaturated/α-hetero) is 1. The fourth-order valence-corrected chi connectivity index (χ4v) is 2.63. The van der Waals surface area contributed by atoms with Crippen molar-refractivity contribution in [1.29, 1.82) is 0 Å². The molecule has 3 nitrogen and oxygen atoms in total. The molecule has 1 aliphatic rings. The molecule has 0 saturated heterocycles. The van der Waals surface area contributed by atoms with Gasteiger partial charge in [-0.3, -0.25) is 4.79 Å². The smallest absolute Gasteiger partial charge is 0.163 e.